The van der Waals surface area contributed by atoms with E-state index in [0.717, 1.165) is 27.0 Å². The number of alkyl halides is 3. The molecular formula is C17H16BrCl2FN2O2S. The fourth-order valence-corrected chi connectivity index (χ4v) is 5.12. The zero-order valence-corrected chi connectivity index (χ0v) is 18.1. The largest absolute Gasteiger partial charge is 0.493 e. The highest BCUT2D eigenvalue weighted by molar-refractivity contribution is 9.10. The Labute approximate surface area is 173 Å². The number of ether oxygens (including phenoxy) is 2. The van der Waals surface area contributed by atoms with Gasteiger partial charge in [-0.3, -0.25) is 0 Å². The Balaban J connectivity index is 1.92. The molecule has 3 heterocycles. The van der Waals surface area contributed by atoms with Crippen LogP contribution < -0.4 is 9.47 Å². The Hall–Kier alpha value is -0.630. The summed E-state index contributed by atoms with van der Waals surface area (Å²) >= 11 is 15.2. The number of aryl methyl sites for hydroxylation is 1. The molecule has 2 aromatic rings. The Kier molecular flexibility index (Phi) is 4.46. The Morgan fingerprint density at radius 2 is 2.15 bits per heavy atom. The Bertz CT molecular complexity index is 884. The second-order valence-electron chi connectivity index (χ2n) is 7.00. The van der Waals surface area contributed by atoms with Crippen molar-refractivity contribution in [3.63, 3.8) is 0 Å². The average molecular weight is 482 g/mol. The maximum absolute atomic E-state index is 13.8. The summed E-state index contributed by atoms with van der Waals surface area (Å²) in [4.78, 5) is 0. The van der Waals surface area contributed by atoms with Crippen LogP contribution in [0.3, 0.4) is 0 Å². The molecule has 2 unspecified atom stereocenters. The van der Waals surface area contributed by atoms with Crippen LogP contribution in [0.1, 0.15) is 36.6 Å². The molecule has 0 saturated carbocycles. The summed E-state index contributed by atoms with van der Waals surface area (Å²) in [6, 6.07) is 5.97. The zero-order chi connectivity index (χ0) is 18.9. The molecule has 2 atom stereocenters. The predicted molar refractivity (Wildman–Crippen MR) is 105 cm³/mol. The summed E-state index contributed by atoms with van der Waals surface area (Å²) in [7, 11) is 0. The smallest absolute Gasteiger partial charge is 0.325 e. The Morgan fingerprint density at radius 3 is 2.85 bits per heavy atom. The van der Waals surface area contributed by atoms with Gasteiger partial charge < -0.3 is 9.47 Å². The van der Waals surface area contributed by atoms with Crippen LogP contribution in [0, 0.1) is 12.8 Å². The molecule has 0 amide bonds. The van der Waals surface area contributed by atoms with Gasteiger partial charge in [0, 0.05) is 27.4 Å². The summed E-state index contributed by atoms with van der Waals surface area (Å²) in [6.07, 6.45) is 0. The van der Waals surface area contributed by atoms with Crippen molar-refractivity contribution < 1.29 is 13.9 Å². The number of benzene rings is 1. The molecule has 0 bridgehead atoms. The first-order valence-corrected chi connectivity index (χ1v) is 10.4. The molecule has 140 valence electrons. The molecule has 1 aromatic heterocycles. The van der Waals surface area contributed by atoms with Crippen molar-refractivity contribution >= 4 is 51.1 Å². The van der Waals surface area contributed by atoms with Crippen molar-refractivity contribution in [3.05, 3.63) is 39.5 Å². The van der Waals surface area contributed by atoms with E-state index in [1.54, 1.807) is 0 Å². The van der Waals surface area contributed by atoms with Gasteiger partial charge in [-0.1, -0.05) is 39.1 Å². The van der Waals surface area contributed by atoms with Crippen molar-refractivity contribution in [2.75, 3.05) is 6.61 Å². The van der Waals surface area contributed by atoms with Crippen LogP contribution in [0.4, 0.5) is 4.39 Å². The molecule has 0 spiro atoms. The first kappa shape index (κ1) is 18.7. The van der Waals surface area contributed by atoms with Gasteiger partial charge in [-0.2, -0.15) is 13.6 Å². The highest BCUT2D eigenvalue weighted by Gasteiger charge is 2.50. The number of halogens is 4. The van der Waals surface area contributed by atoms with E-state index in [-0.39, 0.29) is 11.8 Å². The number of rotatable bonds is 2. The third-order valence-corrected chi connectivity index (χ3v) is 6.45. The number of aromatic nitrogens is 2. The van der Waals surface area contributed by atoms with E-state index in [2.05, 4.69) is 27.1 Å². The van der Waals surface area contributed by atoms with Crippen LogP contribution >= 0.6 is 51.1 Å². The summed E-state index contributed by atoms with van der Waals surface area (Å²) in [5.74, 6) is 1.42. The molecule has 1 aromatic carbocycles. The average Bonchev–Trinajstić information content (AvgIpc) is 2.79. The molecule has 2 aliphatic heterocycles. The van der Waals surface area contributed by atoms with Crippen LogP contribution in [0.25, 0.3) is 0 Å². The first-order chi connectivity index (χ1) is 12.1. The summed E-state index contributed by atoms with van der Waals surface area (Å²) in [6.45, 7) is 6.41. The lowest BCUT2D eigenvalue weighted by molar-refractivity contribution is -0.0176. The minimum Gasteiger partial charge on any atom is -0.493 e. The summed E-state index contributed by atoms with van der Waals surface area (Å²) in [5.41, 5.74) is 2.19. The van der Waals surface area contributed by atoms with Gasteiger partial charge >= 0.3 is 3.92 Å². The van der Waals surface area contributed by atoms with Gasteiger partial charge in [0.2, 0.25) is 5.88 Å². The molecule has 0 aliphatic carbocycles. The fourth-order valence-electron chi connectivity index (χ4n) is 3.78. The zero-order valence-electron chi connectivity index (χ0n) is 14.2. The van der Waals surface area contributed by atoms with Crippen LogP contribution in [-0.2, 0) is 0 Å². The van der Waals surface area contributed by atoms with E-state index >= 15 is 0 Å². The SMILES string of the molecule is Cc1nn(SC(F)(Cl)Cl)c2c1C1c3cc(Br)ccc3OCC1C(C)(C)O2. The second kappa shape index (κ2) is 6.19. The number of nitrogens with zero attached hydrogens (tertiary/aromatic N) is 2. The van der Waals surface area contributed by atoms with Gasteiger partial charge in [0.15, 0.2) is 0 Å². The predicted octanol–water partition coefficient (Wildman–Crippen LogP) is 5.82. The van der Waals surface area contributed by atoms with Crippen LogP contribution in [0.2, 0.25) is 0 Å². The number of hydrogen-bond acceptors (Lipinski definition) is 4. The third kappa shape index (κ3) is 3.11. The van der Waals surface area contributed by atoms with Crippen molar-refractivity contribution in [3.8, 4) is 11.6 Å². The molecule has 2 aliphatic rings. The standard InChI is InChI=1S/C17H16BrCl2FN2O2S/c1-8-13-14-10-6-9(18)4-5-12(10)24-7-11(14)16(2,3)25-15(13)23(22-8)26-17(19,20)21/h4-6,11,14H,7H2,1-3H3. The molecule has 9 heteroatoms. The van der Waals surface area contributed by atoms with Crippen LogP contribution in [-0.4, -0.2) is 25.3 Å². The van der Waals surface area contributed by atoms with Crippen LogP contribution in [0.5, 0.6) is 11.6 Å². The van der Waals surface area contributed by atoms with Gasteiger partial charge in [0.05, 0.1) is 24.2 Å². The van der Waals surface area contributed by atoms with Crippen molar-refractivity contribution in [1.82, 2.24) is 9.19 Å². The van der Waals surface area contributed by atoms with Crippen LogP contribution in [0.15, 0.2) is 22.7 Å². The van der Waals surface area contributed by atoms with E-state index in [9.17, 15) is 4.39 Å². The van der Waals surface area contributed by atoms with Gasteiger partial charge in [0.25, 0.3) is 0 Å². The van der Waals surface area contributed by atoms with Gasteiger partial charge in [-0.05, 0) is 39.0 Å². The van der Waals surface area contributed by atoms with Gasteiger partial charge in [-0.15, -0.1) is 0 Å². The second-order valence-corrected chi connectivity index (χ2v) is 10.7. The van der Waals surface area contributed by atoms with E-state index in [0.29, 0.717) is 24.4 Å². The minimum atomic E-state index is -2.51. The monoisotopic (exact) mass is 480 g/mol. The lowest BCUT2D eigenvalue weighted by Crippen LogP contribution is -2.49. The third-order valence-electron chi connectivity index (χ3n) is 4.92. The molecular weight excluding hydrogens is 466 g/mol. The molecule has 4 nitrogen and oxygen atoms in total. The van der Waals surface area contributed by atoms with E-state index in [4.69, 9.17) is 32.7 Å². The molecule has 26 heavy (non-hydrogen) atoms. The maximum atomic E-state index is 13.8. The molecule has 0 radical (unpaired) electrons. The van der Waals surface area contributed by atoms with Crippen molar-refractivity contribution in [2.45, 2.75) is 36.2 Å². The molecule has 0 N–H and O–H groups in total. The number of hydrogen-bond donors (Lipinski definition) is 0. The van der Waals surface area contributed by atoms with Gasteiger partial charge in [-0.25, -0.2) is 0 Å². The molecule has 4 rings (SSSR count). The van der Waals surface area contributed by atoms with Gasteiger partial charge in [0.1, 0.15) is 11.4 Å². The highest BCUT2D eigenvalue weighted by Crippen LogP contribution is 2.55. The van der Waals surface area contributed by atoms with E-state index in [1.165, 1.54) is 4.09 Å². The molecule has 0 fully saturated rings. The first-order valence-electron chi connectivity index (χ1n) is 8.04. The normalized spacial score (nSPS) is 23.3. The lowest BCUT2D eigenvalue weighted by Gasteiger charge is -2.46. The maximum Gasteiger partial charge on any atom is 0.325 e. The van der Waals surface area contributed by atoms with Crippen molar-refractivity contribution in [2.24, 2.45) is 5.92 Å². The topological polar surface area (TPSA) is 36.3 Å². The quantitative estimate of drug-likeness (QED) is 0.506. The van der Waals surface area contributed by atoms with E-state index in [1.807, 2.05) is 32.9 Å². The fraction of sp³-hybridized carbons (Fsp3) is 0.471. The minimum absolute atomic E-state index is 0.0176. The number of fused-ring (bicyclic) bond motifs is 5. The Morgan fingerprint density at radius 1 is 1.42 bits per heavy atom. The van der Waals surface area contributed by atoms with Crippen molar-refractivity contribution in [1.29, 1.82) is 0 Å². The van der Waals surface area contributed by atoms with E-state index < -0.39 is 9.52 Å². The summed E-state index contributed by atoms with van der Waals surface area (Å²) in [5, 5.41) is 4.42. The lowest BCUT2D eigenvalue weighted by atomic mass is 9.70. The molecule has 0 saturated heterocycles. The summed E-state index contributed by atoms with van der Waals surface area (Å²) < 4.78 is 25.9. The highest BCUT2D eigenvalue weighted by atomic mass is 79.9.